The molecule has 0 nitrogen and oxygen atoms in total. The van der Waals surface area contributed by atoms with Gasteiger partial charge in [0.2, 0.25) is 0 Å². The van der Waals surface area contributed by atoms with Crippen LogP contribution in [0.5, 0.6) is 0 Å². The molecule has 0 saturated heterocycles. The largest absolute Gasteiger partial charge is 2.00 e. The summed E-state index contributed by atoms with van der Waals surface area (Å²) >= 11 is 7.02. The van der Waals surface area contributed by atoms with Gasteiger partial charge in [0, 0.05) is 0 Å². The van der Waals surface area contributed by atoms with Crippen LogP contribution in [0, 0.1) is 0 Å². The van der Waals surface area contributed by atoms with Gasteiger partial charge in [-0.1, -0.05) is 11.6 Å². The van der Waals surface area contributed by atoms with E-state index in [9.17, 15) is 0 Å². The zero-order chi connectivity index (χ0) is 4.41. The Kier molecular flexibility index (Phi) is 4.12. The van der Waals surface area contributed by atoms with Gasteiger partial charge in [0.1, 0.15) is 0 Å². The van der Waals surface area contributed by atoms with Crippen molar-refractivity contribution in [3.63, 3.8) is 0 Å². The fourth-order valence-corrected chi connectivity index (χ4v) is 0.930. The molecule has 0 aliphatic heterocycles. The summed E-state index contributed by atoms with van der Waals surface area (Å²) in [4.78, 5) is 0. The van der Waals surface area contributed by atoms with Gasteiger partial charge >= 0.3 is 23.1 Å². The predicted octanol–water partition coefficient (Wildman–Crippen LogP) is 2.25. The Morgan fingerprint density at radius 2 is 2.43 bits per heavy atom. The summed E-state index contributed by atoms with van der Waals surface area (Å²) in [5.74, 6) is 0. The summed E-state index contributed by atoms with van der Waals surface area (Å²) in [6.07, 6.45) is 0. The van der Waals surface area contributed by atoms with E-state index in [1.807, 2.05) is 17.5 Å². The monoisotopic (exact) mass is 144 g/mol. The molecule has 1 rings (SSSR count). The maximum atomic E-state index is 5.47. The quantitative estimate of drug-likeness (QED) is 0.491. The van der Waals surface area contributed by atoms with Crippen molar-refractivity contribution in [1.29, 1.82) is 0 Å². The van der Waals surface area contributed by atoms with Crippen molar-refractivity contribution in [1.82, 2.24) is 0 Å². The smallest absolute Gasteiger partial charge is 1.00 e. The first-order valence-electron chi connectivity index (χ1n) is 1.58. The van der Waals surface area contributed by atoms with Gasteiger partial charge in [0.15, 0.2) is 0 Å². The van der Waals surface area contributed by atoms with Gasteiger partial charge in [0.05, 0.1) is 4.34 Å². The van der Waals surface area contributed by atoms with Gasteiger partial charge in [-0.3, -0.25) is 0 Å². The molecular formula is C4H5ClMgS. The van der Waals surface area contributed by atoms with Crippen LogP contribution in [-0.2, 0) is 0 Å². The maximum Gasteiger partial charge on any atom is 2.00 e. The van der Waals surface area contributed by atoms with Crippen LogP contribution in [0.15, 0.2) is 17.5 Å². The first-order chi connectivity index (χ1) is 2.89. The number of rotatable bonds is 0. The summed E-state index contributed by atoms with van der Waals surface area (Å²) in [6.45, 7) is 0. The van der Waals surface area contributed by atoms with Crippen LogP contribution in [0.3, 0.4) is 0 Å². The summed E-state index contributed by atoms with van der Waals surface area (Å²) in [7, 11) is 0. The molecule has 1 heterocycles. The fourth-order valence-electron chi connectivity index (χ4n) is 0.259. The molecule has 0 aromatic carbocycles. The van der Waals surface area contributed by atoms with Gasteiger partial charge < -0.3 is 2.85 Å². The zero-order valence-electron chi connectivity index (χ0n) is 5.73. The summed E-state index contributed by atoms with van der Waals surface area (Å²) in [5.41, 5.74) is 0. The molecule has 1 aromatic rings. The van der Waals surface area contributed by atoms with Crippen LogP contribution in [-0.4, -0.2) is 23.1 Å². The number of hydrogen-bond acceptors (Lipinski definition) is 1. The molecular weight excluding hydrogens is 140 g/mol. The number of hydrogen-bond donors (Lipinski definition) is 0. The van der Waals surface area contributed by atoms with Crippen molar-refractivity contribution in [2.45, 2.75) is 0 Å². The van der Waals surface area contributed by atoms with Crippen LogP contribution < -0.4 is 0 Å². The van der Waals surface area contributed by atoms with Gasteiger partial charge in [-0.15, -0.1) is 11.3 Å². The average Bonchev–Trinajstić information content (AvgIpc) is 1.86. The summed E-state index contributed by atoms with van der Waals surface area (Å²) in [5, 5.41) is 1.95. The molecule has 0 bridgehead atoms. The standard InChI is InChI=1S/C4H3ClS.Mg.2H/c5-4-2-1-3-6-4;;;/h1-3H;;;/q;+2;2*-1. The Bertz CT molecular complexity index is 122. The van der Waals surface area contributed by atoms with Gasteiger partial charge in [-0.25, -0.2) is 0 Å². The van der Waals surface area contributed by atoms with Gasteiger partial charge in [-0.05, 0) is 17.5 Å². The molecule has 0 aliphatic rings. The molecule has 0 atom stereocenters. The predicted molar refractivity (Wildman–Crippen MR) is 37.3 cm³/mol. The molecule has 7 heavy (non-hydrogen) atoms. The molecule has 1 aromatic heterocycles. The second kappa shape index (κ2) is 3.72. The molecule has 0 unspecified atom stereocenters. The molecule has 36 valence electrons. The molecule has 0 spiro atoms. The second-order valence-corrected chi connectivity index (χ2v) is 2.50. The van der Waals surface area contributed by atoms with Crippen molar-refractivity contribution >= 4 is 46.0 Å². The van der Waals surface area contributed by atoms with E-state index in [0.29, 0.717) is 0 Å². The molecule has 0 aliphatic carbocycles. The van der Waals surface area contributed by atoms with E-state index in [0.717, 1.165) is 4.34 Å². The Balaban J connectivity index is -0.000000120. The minimum atomic E-state index is 0. The van der Waals surface area contributed by atoms with Crippen LogP contribution in [0.2, 0.25) is 4.34 Å². The van der Waals surface area contributed by atoms with E-state index in [-0.39, 0.29) is 25.9 Å². The molecule has 0 amide bonds. The van der Waals surface area contributed by atoms with Crippen LogP contribution in [0.1, 0.15) is 2.85 Å². The van der Waals surface area contributed by atoms with E-state index in [1.54, 1.807) is 11.3 Å². The minimum absolute atomic E-state index is 0. The van der Waals surface area contributed by atoms with Crippen LogP contribution in [0.25, 0.3) is 0 Å². The Morgan fingerprint density at radius 1 is 1.71 bits per heavy atom. The maximum absolute atomic E-state index is 5.47. The van der Waals surface area contributed by atoms with Crippen molar-refractivity contribution in [3.8, 4) is 0 Å². The van der Waals surface area contributed by atoms with Crippen molar-refractivity contribution in [2.24, 2.45) is 0 Å². The van der Waals surface area contributed by atoms with E-state index < -0.39 is 0 Å². The normalized spacial score (nSPS) is 7.57. The summed E-state index contributed by atoms with van der Waals surface area (Å²) < 4.78 is 0.856. The Hall–Kier alpha value is 0.756. The van der Waals surface area contributed by atoms with Crippen molar-refractivity contribution in [2.75, 3.05) is 0 Å². The van der Waals surface area contributed by atoms with Gasteiger partial charge in [-0.2, -0.15) is 0 Å². The molecule has 3 heteroatoms. The number of halogens is 1. The first kappa shape index (κ1) is 7.76. The van der Waals surface area contributed by atoms with E-state index >= 15 is 0 Å². The fraction of sp³-hybridized carbons (Fsp3) is 0. The van der Waals surface area contributed by atoms with Crippen molar-refractivity contribution < 1.29 is 2.85 Å². The van der Waals surface area contributed by atoms with E-state index in [2.05, 4.69) is 0 Å². The van der Waals surface area contributed by atoms with Gasteiger partial charge in [0.25, 0.3) is 0 Å². The average molecular weight is 145 g/mol. The van der Waals surface area contributed by atoms with Crippen LogP contribution in [0.4, 0.5) is 0 Å². The SMILES string of the molecule is Clc1cccs1.[H-].[H-].[Mg+2]. The molecule has 0 radical (unpaired) electrons. The Labute approximate surface area is 70.6 Å². The second-order valence-electron chi connectivity index (χ2n) is 0.917. The first-order valence-corrected chi connectivity index (χ1v) is 2.84. The zero-order valence-corrected chi connectivity index (χ0v) is 6.71. The third-order valence-corrected chi connectivity index (χ3v) is 1.53. The number of thiophene rings is 1. The summed E-state index contributed by atoms with van der Waals surface area (Å²) in [6, 6.07) is 3.79. The van der Waals surface area contributed by atoms with Crippen molar-refractivity contribution in [3.05, 3.63) is 21.8 Å². The molecule has 0 N–H and O–H groups in total. The Morgan fingerprint density at radius 3 is 2.57 bits per heavy atom. The van der Waals surface area contributed by atoms with E-state index in [4.69, 9.17) is 11.6 Å². The molecule has 0 fully saturated rings. The third kappa shape index (κ3) is 2.54. The van der Waals surface area contributed by atoms with E-state index in [1.165, 1.54) is 0 Å². The minimum Gasteiger partial charge on any atom is -1.00 e. The third-order valence-electron chi connectivity index (χ3n) is 0.486. The molecule has 0 saturated carbocycles. The van der Waals surface area contributed by atoms with Crippen LogP contribution >= 0.6 is 22.9 Å². The topological polar surface area (TPSA) is 0 Å².